The summed E-state index contributed by atoms with van der Waals surface area (Å²) in [5.41, 5.74) is 0.693. The van der Waals surface area contributed by atoms with Gasteiger partial charge in [0.1, 0.15) is 5.75 Å². The van der Waals surface area contributed by atoms with Crippen molar-refractivity contribution in [2.75, 3.05) is 10.6 Å². The number of nitrogens with one attached hydrogen (secondary N) is 2. The molecule has 4 rings (SSSR count). The first kappa shape index (κ1) is 18.3. The predicted octanol–water partition coefficient (Wildman–Crippen LogP) is 5.17. The number of amides is 2. The largest absolute Gasteiger partial charge is 0.490 e. The lowest BCUT2D eigenvalue weighted by Crippen LogP contribution is -2.12. The van der Waals surface area contributed by atoms with E-state index in [0.717, 1.165) is 18.6 Å². The minimum Gasteiger partial charge on any atom is -0.490 e. The van der Waals surface area contributed by atoms with Gasteiger partial charge in [0.05, 0.1) is 22.2 Å². The maximum absolute atomic E-state index is 12.4. The Kier molecular flexibility index (Phi) is 5.43. The third-order valence-corrected chi connectivity index (χ3v) is 5.53. The quantitative estimate of drug-likeness (QED) is 0.602. The SMILES string of the molecule is O=C(Nc1ccc(C(=O)Nc2ccc(OC3CCCC3)cc2)s1)c1ccco1. The highest BCUT2D eigenvalue weighted by Gasteiger charge is 2.17. The molecular formula is C21H20N2O4S. The van der Waals surface area contributed by atoms with Crippen LogP contribution in [0.2, 0.25) is 0 Å². The van der Waals surface area contributed by atoms with Crippen LogP contribution in [0.25, 0.3) is 0 Å². The van der Waals surface area contributed by atoms with Crippen LogP contribution in [0.1, 0.15) is 45.9 Å². The third-order valence-electron chi connectivity index (χ3n) is 4.53. The van der Waals surface area contributed by atoms with Crippen molar-refractivity contribution in [3.63, 3.8) is 0 Å². The summed E-state index contributed by atoms with van der Waals surface area (Å²) in [6.07, 6.45) is 6.41. The number of carbonyl (C=O) groups is 2. The van der Waals surface area contributed by atoms with E-state index in [1.807, 2.05) is 24.3 Å². The van der Waals surface area contributed by atoms with Gasteiger partial charge >= 0.3 is 0 Å². The topological polar surface area (TPSA) is 80.6 Å². The van der Waals surface area contributed by atoms with Crippen LogP contribution < -0.4 is 15.4 Å². The monoisotopic (exact) mass is 396 g/mol. The Balaban J connectivity index is 1.33. The maximum Gasteiger partial charge on any atom is 0.291 e. The van der Waals surface area contributed by atoms with E-state index >= 15 is 0 Å². The molecule has 3 aromatic rings. The molecule has 28 heavy (non-hydrogen) atoms. The summed E-state index contributed by atoms with van der Waals surface area (Å²) >= 11 is 1.20. The molecule has 0 unspecified atom stereocenters. The second-order valence-electron chi connectivity index (χ2n) is 6.60. The first-order valence-electron chi connectivity index (χ1n) is 9.20. The Morgan fingerprint density at radius 2 is 1.75 bits per heavy atom. The number of thiophene rings is 1. The van der Waals surface area contributed by atoms with Crippen LogP contribution in [-0.2, 0) is 0 Å². The van der Waals surface area contributed by atoms with Gasteiger partial charge in [-0.1, -0.05) is 0 Å². The summed E-state index contributed by atoms with van der Waals surface area (Å²) in [6.45, 7) is 0. The number of carbonyl (C=O) groups excluding carboxylic acids is 2. The van der Waals surface area contributed by atoms with Crippen LogP contribution in [0.15, 0.2) is 59.2 Å². The lowest BCUT2D eigenvalue weighted by Gasteiger charge is -2.13. The van der Waals surface area contributed by atoms with E-state index in [1.165, 1.54) is 30.4 Å². The third kappa shape index (κ3) is 4.43. The first-order chi connectivity index (χ1) is 13.7. The first-order valence-corrected chi connectivity index (χ1v) is 10.0. The molecule has 0 saturated heterocycles. The molecule has 2 aromatic heterocycles. The smallest absolute Gasteiger partial charge is 0.291 e. The molecule has 2 N–H and O–H groups in total. The maximum atomic E-state index is 12.4. The molecule has 0 radical (unpaired) electrons. The molecule has 2 heterocycles. The molecule has 0 atom stereocenters. The standard InChI is InChI=1S/C21H20N2O4S/c24-20(17-6-3-13-26-17)23-19-12-11-18(28-19)21(25)22-14-7-9-16(10-8-14)27-15-4-1-2-5-15/h3,6-13,15H,1-2,4-5H2,(H,22,25)(H,23,24). The van der Waals surface area contributed by atoms with Gasteiger partial charge in [-0.25, -0.2) is 0 Å². The fourth-order valence-corrected chi connectivity index (χ4v) is 3.91. The summed E-state index contributed by atoms with van der Waals surface area (Å²) in [5.74, 6) is 0.466. The van der Waals surface area contributed by atoms with Gasteiger partial charge in [0.25, 0.3) is 11.8 Å². The zero-order valence-corrected chi connectivity index (χ0v) is 16.0. The van der Waals surface area contributed by atoms with Crippen molar-refractivity contribution in [1.82, 2.24) is 0 Å². The van der Waals surface area contributed by atoms with Crippen LogP contribution in [0.4, 0.5) is 10.7 Å². The van der Waals surface area contributed by atoms with Crippen molar-refractivity contribution >= 4 is 33.8 Å². The number of ether oxygens (including phenoxy) is 1. The van der Waals surface area contributed by atoms with Gasteiger partial charge in [-0.15, -0.1) is 11.3 Å². The van der Waals surface area contributed by atoms with Crippen molar-refractivity contribution in [3.05, 3.63) is 65.4 Å². The van der Waals surface area contributed by atoms with E-state index in [2.05, 4.69) is 10.6 Å². The molecule has 1 aromatic carbocycles. The number of anilines is 2. The summed E-state index contributed by atoms with van der Waals surface area (Å²) in [6, 6.07) is 14.0. The van der Waals surface area contributed by atoms with Gasteiger partial charge in [0.2, 0.25) is 0 Å². The van der Waals surface area contributed by atoms with Gasteiger partial charge in [0.15, 0.2) is 5.76 Å². The van der Waals surface area contributed by atoms with Crippen molar-refractivity contribution in [2.45, 2.75) is 31.8 Å². The van der Waals surface area contributed by atoms with Crippen LogP contribution in [-0.4, -0.2) is 17.9 Å². The molecule has 1 aliphatic rings. The summed E-state index contributed by atoms with van der Waals surface area (Å²) in [5, 5.41) is 6.15. The normalized spacial score (nSPS) is 14.0. The second kappa shape index (κ2) is 8.31. The van der Waals surface area contributed by atoms with Crippen molar-refractivity contribution in [3.8, 4) is 5.75 Å². The number of hydrogen-bond donors (Lipinski definition) is 2. The second-order valence-corrected chi connectivity index (χ2v) is 7.68. The molecule has 144 valence electrons. The van der Waals surface area contributed by atoms with E-state index in [1.54, 1.807) is 24.3 Å². The van der Waals surface area contributed by atoms with Gasteiger partial charge in [-0.3, -0.25) is 9.59 Å². The van der Waals surface area contributed by atoms with Crippen LogP contribution in [0, 0.1) is 0 Å². The van der Waals surface area contributed by atoms with Gasteiger partial charge in [0, 0.05) is 5.69 Å². The molecule has 2 amide bonds. The number of hydrogen-bond acceptors (Lipinski definition) is 5. The van der Waals surface area contributed by atoms with Gasteiger partial charge < -0.3 is 19.8 Å². The summed E-state index contributed by atoms with van der Waals surface area (Å²) < 4.78 is 11.0. The fourth-order valence-electron chi connectivity index (χ4n) is 3.12. The molecular weight excluding hydrogens is 376 g/mol. The molecule has 0 spiro atoms. The van der Waals surface area contributed by atoms with Crippen molar-refractivity contribution < 1.29 is 18.7 Å². The van der Waals surface area contributed by atoms with E-state index in [4.69, 9.17) is 9.15 Å². The molecule has 1 aliphatic carbocycles. The molecule has 1 saturated carbocycles. The Hall–Kier alpha value is -3.06. The minimum absolute atomic E-state index is 0.222. The zero-order valence-electron chi connectivity index (χ0n) is 15.1. The lowest BCUT2D eigenvalue weighted by molar-refractivity contribution is 0.0995. The molecule has 0 bridgehead atoms. The van der Waals surface area contributed by atoms with E-state index in [0.29, 0.717) is 21.7 Å². The zero-order chi connectivity index (χ0) is 19.3. The Labute approximate surface area is 166 Å². The molecule has 0 aliphatic heterocycles. The average Bonchev–Trinajstić information content (AvgIpc) is 3.46. The van der Waals surface area contributed by atoms with Crippen molar-refractivity contribution in [2.24, 2.45) is 0 Å². The fraction of sp³-hybridized carbons (Fsp3) is 0.238. The Morgan fingerprint density at radius 3 is 2.46 bits per heavy atom. The van der Waals surface area contributed by atoms with E-state index < -0.39 is 0 Å². The number of furan rings is 1. The number of rotatable bonds is 6. The number of benzene rings is 1. The molecule has 6 nitrogen and oxygen atoms in total. The lowest BCUT2D eigenvalue weighted by atomic mass is 10.2. The highest BCUT2D eigenvalue weighted by Crippen LogP contribution is 2.26. The molecule has 7 heteroatoms. The Bertz CT molecular complexity index is 941. The predicted molar refractivity (Wildman–Crippen MR) is 108 cm³/mol. The van der Waals surface area contributed by atoms with Gasteiger partial charge in [-0.05, 0) is 74.2 Å². The van der Waals surface area contributed by atoms with Crippen LogP contribution in [0.3, 0.4) is 0 Å². The highest BCUT2D eigenvalue weighted by molar-refractivity contribution is 7.18. The Morgan fingerprint density at radius 1 is 0.964 bits per heavy atom. The van der Waals surface area contributed by atoms with Crippen LogP contribution in [0.5, 0.6) is 5.75 Å². The minimum atomic E-state index is -0.350. The van der Waals surface area contributed by atoms with Crippen LogP contribution >= 0.6 is 11.3 Å². The van der Waals surface area contributed by atoms with Crippen molar-refractivity contribution in [1.29, 1.82) is 0 Å². The average molecular weight is 396 g/mol. The summed E-state index contributed by atoms with van der Waals surface area (Å²) in [7, 11) is 0. The molecule has 1 fully saturated rings. The van der Waals surface area contributed by atoms with E-state index in [9.17, 15) is 9.59 Å². The summed E-state index contributed by atoms with van der Waals surface area (Å²) in [4.78, 5) is 24.9. The highest BCUT2D eigenvalue weighted by atomic mass is 32.1. The van der Waals surface area contributed by atoms with E-state index in [-0.39, 0.29) is 17.6 Å². The van der Waals surface area contributed by atoms with Gasteiger partial charge in [-0.2, -0.15) is 0 Å².